The van der Waals surface area contributed by atoms with Gasteiger partial charge in [-0.25, -0.2) is 4.39 Å². The van der Waals surface area contributed by atoms with Crippen molar-refractivity contribution in [3.05, 3.63) is 101 Å². The molecule has 3 aromatic rings. The zero-order valence-electron chi connectivity index (χ0n) is 17.2. The molecule has 1 fully saturated rings. The molecule has 1 aliphatic rings. The molecule has 1 saturated heterocycles. The van der Waals surface area contributed by atoms with Crippen molar-refractivity contribution in [3.63, 3.8) is 0 Å². The van der Waals surface area contributed by atoms with E-state index in [1.165, 1.54) is 18.2 Å². The van der Waals surface area contributed by atoms with Gasteiger partial charge in [-0.3, -0.25) is 14.5 Å². The molecule has 0 spiro atoms. The maximum absolute atomic E-state index is 14.1. The quantitative estimate of drug-likeness (QED) is 0.252. The van der Waals surface area contributed by atoms with Gasteiger partial charge in [0.15, 0.2) is 0 Å². The fourth-order valence-electron chi connectivity index (χ4n) is 3.17. The van der Waals surface area contributed by atoms with Gasteiger partial charge in [0.2, 0.25) is 0 Å². The molecule has 0 bridgehead atoms. The number of hydrogen-bond donors (Lipinski definition) is 0. The second-order valence-electron chi connectivity index (χ2n) is 7.20. The van der Waals surface area contributed by atoms with Crippen LogP contribution in [-0.2, 0) is 17.9 Å². The van der Waals surface area contributed by atoms with Crippen molar-refractivity contribution in [1.82, 2.24) is 4.90 Å². The Morgan fingerprint density at radius 2 is 1.71 bits per heavy atom. The van der Waals surface area contributed by atoms with E-state index < -0.39 is 17.0 Å². The molecule has 34 heavy (non-hydrogen) atoms. The van der Waals surface area contributed by atoms with Crippen LogP contribution >= 0.6 is 66.8 Å². The normalized spacial score (nSPS) is 14.9. The third-order valence-electron chi connectivity index (χ3n) is 4.87. The van der Waals surface area contributed by atoms with Crippen LogP contribution in [0.15, 0.2) is 68.4 Å². The summed E-state index contributed by atoms with van der Waals surface area (Å²) in [5, 5.41) is 0.318. The van der Waals surface area contributed by atoms with Crippen LogP contribution in [0.25, 0.3) is 6.08 Å². The van der Waals surface area contributed by atoms with E-state index in [1.807, 2.05) is 12.1 Å². The van der Waals surface area contributed by atoms with Gasteiger partial charge < -0.3 is 4.74 Å². The lowest BCUT2D eigenvalue weighted by Gasteiger charge is -2.14. The lowest BCUT2D eigenvalue weighted by atomic mass is 10.2. The van der Waals surface area contributed by atoms with Crippen molar-refractivity contribution in [2.75, 3.05) is 0 Å². The van der Waals surface area contributed by atoms with E-state index in [0.717, 1.165) is 22.2 Å². The standard InChI is InChI=1S/C24H14Br2Cl2FNO3S/c25-17-8-14(9-18(26)22(17)33-12-13-4-6-15(27)7-5-13)10-21-23(31)30(24(32)34-21)11-16-19(28)2-1-3-20(16)29/h1-10H,11-12H2/b21-10+. The van der Waals surface area contributed by atoms with Crippen LogP contribution in [0.5, 0.6) is 5.75 Å². The maximum Gasteiger partial charge on any atom is 0.293 e. The summed E-state index contributed by atoms with van der Waals surface area (Å²) in [7, 11) is 0. The summed E-state index contributed by atoms with van der Waals surface area (Å²) in [5.74, 6) is -0.489. The van der Waals surface area contributed by atoms with Gasteiger partial charge in [-0.2, -0.15) is 0 Å². The SMILES string of the molecule is O=C1S/C(=C/c2cc(Br)c(OCc3ccc(Cl)cc3)c(Br)c2)C(=O)N1Cc1c(F)cccc1Cl. The zero-order chi connectivity index (χ0) is 24.4. The predicted molar refractivity (Wildman–Crippen MR) is 141 cm³/mol. The molecule has 0 N–H and O–H groups in total. The molecular weight excluding hydrogens is 632 g/mol. The molecule has 0 atom stereocenters. The Labute approximate surface area is 226 Å². The summed E-state index contributed by atoms with van der Waals surface area (Å²) in [4.78, 5) is 26.5. The topological polar surface area (TPSA) is 46.6 Å². The molecule has 1 aliphatic heterocycles. The molecule has 1 heterocycles. The highest BCUT2D eigenvalue weighted by Crippen LogP contribution is 2.39. The summed E-state index contributed by atoms with van der Waals surface area (Å²) in [6.07, 6.45) is 1.60. The minimum atomic E-state index is -0.572. The van der Waals surface area contributed by atoms with Crippen LogP contribution < -0.4 is 4.74 Å². The Kier molecular flexibility index (Phi) is 8.05. The van der Waals surface area contributed by atoms with E-state index in [-0.39, 0.29) is 22.0 Å². The number of hydrogen-bond acceptors (Lipinski definition) is 4. The number of nitrogens with zero attached hydrogens (tertiary/aromatic N) is 1. The first-order chi connectivity index (χ1) is 16.2. The smallest absolute Gasteiger partial charge is 0.293 e. The number of thioether (sulfide) groups is 1. The minimum Gasteiger partial charge on any atom is -0.487 e. The first-order valence-corrected chi connectivity index (χ1v) is 12.9. The van der Waals surface area contributed by atoms with Gasteiger partial charge in [0, 0.05) is 15.6 Å². The Hall–Kier alpha value is -1.84. The van der Waals surface area contributed by atoms with Gasteiger partial charge >= 0.3 is 0 Å². The van der Waals surface area contributed by atoms with E-state index in [0.29, 0.717) is 31.9 Å². The molecule has 0 radical (unpaired) electrons. The minimum absolute atomic E-state index is 0.0976. The average Bonchev–Trinajstić information content (AvgIpc) is 3.04. The number of carbonyl (C=O) groups excluding carboxylic acids is 2. The lowest BCUT2D eigenvalue weighted by Crippen LogP contribution is -2.28. The summed E-state index contributed by atoms with van der Waals surface area (Å²) in [6.45, 7) is 0.101. The van der Waals surface area contributed by atoms with Crippen molar-refractivity contribution < 1.29 is 18.7 Å². The molecule has 0 aliphatic carbocycles. The predicted octanol–water partition coefficient (Wildman–Crippen LogP) is 8.47. The Morgan fingerprint density at radius 3 is 2.35 bits per heavy atom. The van der Waals surface area contributed by atoms with E-state index in [9.17, 15) is 14.0 Å². The van der Waals surface area contributed by atoms with Crippen LogP contribution in [0.1, 0.15) is 16.7 Å². The molecule has 0 unspecified atom stereocenters. The van der Waals surface area contributed by atoms with E-state index in [2.05, 4.69) is 31.9 Å². The van der Waals surface area contributed by atoms with Crippen molar-refractivity contribution in [2.45, 2.75) is 13.2 Å². The van der Waals surface area contributed by atoms with Crippen molar-refractivity contribution in [3.8, 4) is 5.75 Å². The molecule has 2 amide bonds. The number of benzene rings is 3. The lowest BCUT2D eigenvalue weighted by molar-refractivity contribution is -0.123. The highest BCUT2D eigenvalue weighted by Gasteiger charge is 2.36. The van der Waals surface area contributed by atoms with Crippen LogP contribution in [0, 0.1) is 5.82 Å². The molecule has 4 nitrogen and oxygen atoms in total. The average molecular weight is 646 g/mol. The van der Waals surface area contributed by atoms with Gasteiger partial charge in [0.1, 0.15) is 18.2 Å². The van der Waals surface area contributed by atoms with E-state index >= 15 is 0 Å². The Morgan fingerprint density at radius 1 is 1.03 bits per heavy atom. The number of halogens is 5. The first kappa shape index (κ1) is 25.3. The van der Waals surface area contributed by atoms with E-state index in [1.54, 1.807) is 30.3 Å². The van der Waals surface area contributed by atoms with E-state index in [4.69, 9.17) is 27.9 Å². The van der Waals surface area contributed by atoms with Gasteiger partial charge in [-0.15, -0.1) is 0 Å². The Bertz CT molecular complexity index is 1270. The summed E-state index contributed by atoms with van der Waals surface area (Å²) < 4.78 is 21.4. The van der Waals surface area contributed by atoms with Gasteiger partial charge in [0.05, 0.1) is 20.4 Å². The number of ether oxygens (including phenoxy) is 1. The second kappa shape index (κ2) is 10.8. The zero-order valence-corrected chi connectivity index (χ0v) is 22.7. The van der Waals surface area contributed by atoms with Crippen molar-refractivity contribution >= 4 is 84.0 Å². The molecular formula is C24H14Br2Cl2FNO3S. The van der Waals surface area contributed by atoms with Crippen LogP contribution in [0.3, 0.4) is 0 Å². The van der Waals surface area contributed by atoms with Gasteiger partial charge in [-0.1, -0.05) is 41.4 Å². The number of rotatable bonds is 6. The van der Waals surface area contributed by atoms with Gasteiger partial charge in [0.25, 0.3) is 11.1 Å². The van der Waals surface area contributed by atoms with Crippen molar-refractivity contribution in [1.29, 1.82) is 0 Å². The fourth-order valence-corrected chi connectivity index (χ4v) is 5.80. The molecule has 3 aromatic carbocycles. The van der Waals surface area contributed by atoms with Crippen LogP contribution in [0.4, 0.5) is 9.18 Å². The molecule has 10 heteroatoms. The summed E-state index contributed by atoms with van der Waals surface area (Å²) in [5.41, 5.74) is 1.73. The number of amides is 2. The van der Waals surface area contributed by atoms with Crippen LogP contribution in [0.2, 0.25) is 10.0 Å². The molecule has 0 aromatic heterocycles. The fraction of sp³-hybridized carbons (Fsp3) is 0.0833. The second-order valence-corrected chi connectivity index (χ2v) is 10.7. The monoisotopic (exact) mass is 643 g/mol. The summed E-state index contributed by atoms with van der Waals surface area (Å²) >= 11 is 19.8. The Balaban J connectivity index is 1.51. The van der Waals surface area contributed by atoms with Crippen molar-refractivity contribution in [2.24, 2.45) is 0 Å². The highest BCUT2D eigenvalue weighted by molar-refractivity contribution is 9.11. The van der Waals surface area contributed by atoms with Crippen LogP contribution in [-0.4, -0.2) is 16.0 Å². The largest absolute Gasteiger partial charge is 0.487 e. The third-order valence-corrected chi connectivity index (χ3v) is 7.56. The highest BCUT2D eigenvalue weighted by atomic mass is 79.9. The number of imide groups is 1. The molecule has 0 saturated carbocycles. The molecule has 174 valence electrons. The third kappa shape index (κ3) is 5.69. The maximum atomic E-state index is 14.1. The number of carbonyl (C=O) groups is 2. The summed E-state index contributed by atoms with van der Waals surface area (Å²) in [6, 6.07) is 15.1. The van der Waals surface area contributed by atoms with Gasteiger partial charge in [-0.05, 0) is 97.2 Å². The molecule has 4 rings (SSSR count). The first-order valence-electron chi connectivity index (χ1n) is 9.77.